The van der Waals surface area contributed by atoms with Gasteiger partial charge in [-0.3, -0.25) is 14.6 Å². The maximum Gasteiger partial charge on any atom is 0.338 e. The molecule has 1 atom stereocenters. The third-order valence-corrected chi connectivity index (χ3v) is 5.17. The Morgan fingerprint density at radius 3 is 2.43 bits per heavy atom. The van der Waals surface area contributed by atoms with Crippen LogP contribution in [0.1, 0.15) is 69.0 Å². The zero-order valence-corrected chi connectivity index (χ0v) is 17.5. The molecule has 0 N–H and O–H groups in total. The summed E-state index contributed by atoms with van der Waals surface area (Å²) in [6.45, 7) is 8.02. The largest absolute Gasteiger partial charge is 0.462 e. The highest BCUT2D eigenvalue weighted by Crippen LogP contribution is 2.36. The summed E-state index contributed by atoms with van der Waals surface area (Å²) in [7, 11) is 0. The Hall–Kier alpha value is -3.34. The van der Waals surface area contributed by atoms with Crippen LogP contribution in [0.3, 0.4) is 0 Å². The maximum atomic E-state index is 13.2. The molecule has 0 aliphatic heterocycles. The van der Waals surface area contributed by atoms with Crippen LogP contribution in [0.15, 0.2) is 48.5 Å². The number of pyridine rings is 1. The number of hydrogen-bond acceptors (Lipinski definition) is 5. The van der Waals surface area contributed by atoms with Crippen LogP contribution in [0.2, 0.25) is 0 Å². The fraction of sp³-hybridized carbons (Fsp3) is 0.280. The van der Waals surface area contributed by atoms with Crippen molar-refractivity contribution in [3.63, 3.8) is 0 Å². The van der Waals surface area contributed by atoms with Gasteiger partial charge in [-0.05, 0) is 48.2 Å². The van der Waals surface area contributed by atoms with Crippen LogP contribution >= 0.6 is 0 Å². The summed E-state index contributed by atoms with van der Waals surface area (Å²) < 4.78 is 5.35. The first-order chi connectivity index (χ1) is 14.2. The molecule has 1 aromatic heterocycles. The molecule has 0 saturated heterocycles. The molecule has 1 unspecified atom stereocenters. The number of ether oxygens (including phenoxy) is 1. The molecule has 3 aromatic rings. The maximum absolute atomic E-state index is 13.2. The summed E-state index contributed by atoms with van der Waals surface area (Å²) in [5.74, 6) is -2.09. The molecule has 0 bridgehead atoms. The minimum Gasteiger partial charge on any atom is -0.462 e. The summed E-state index contributed by atoms with van der Waals surface area (Å²) in [6.07, 6.45) is 0. The molecule has 1 heterocycles. The number of ketones is 2. The highest BCUT2D eigenvalue weighted by molar-refractivity contribution is 6.30. The van der Waals surface area contributed by atoms with E-state index in [0.29, 0.717) is 11.3 Å². The van der Waals surface area contributed by atoms with Crippen molar-refractivity contribution in [2.24, 2.45) is 5.41 Å². The number of Topliss-reactive ketones (excluding diaryl/α,β-unsaturated/α-hetero) is 2. The smallest absolute Gasteiger partial charge is 0.338 e. The van der Waals surface area contributed by atoms with Gasteiger partial charge in [-0.25, -0.2) is 4.79 Å². The van der Waals surface area contributed by atoms with Crippen molar-refractivity contribution in [2.75, 3.05) is 6.61 Å². The Morgan fingerprint density at radius 2 is 1.70 bits per heavy atom. The highest BCUT2D eigenvalue weighted by Gasteiger charge is 2.41. The molecule has 0 saturated carbocycles. The van der Waals surface area contributed by atoms with E-state index in [1.54, 1.807) is 6.07 Å². The van der Waals surface area contributed by atoms with Crippen molar-refractivity contribution in [3.05, 3.63) is 76.5 Å². The van der Waals surface area contributed by atoms with Crippen molar-refractivity contribution in [1.29, 1.82) is 0 Å². The predicted molar refractivity (Wildman–Crippen MR) is 114 cm³/mol. The first kappa shape index (κ1) is 20.0. The zero-order chi connectivity index (χ0) is 21.6. The van der Waals surface area contributed by atoms with Crippen LogP contribution in [0, 0.1) is 12.3 Å². The average molecular weight is 401 g/mol. The van der Waals surface area contributed by atoms with Gasteiger partial charge in [-0.15, -0.1) is 0 Å². The number of fused-ring (bicyclic) bond motifs is 2. The number of aryl methyl sites for hydroxylation is 1. The summed E-state index contributed by atoms with van der Waals surface area (Å²) in [6, 6.07) is 14.1. The van der Waals surface area contributed by atoms with Crippen LogP contribution < -0.4 is 0 Å². The Kier molecular flexibility index (Phi) is 4.77. The molecule has 5 heteroatoms. The lowest BCUT2D eigenvalue weighted by Gasteiger charge is -2.17. The van der Waals surface area contributed by atoms with E-state index in [-0.39, 0.29) is 34.7 Å². The van der Waals surface area contributed by atoms with E-state index in [0.717, 1.165) is 16.5 Å². The van der Waals surface area contributed by atoms with Crippen molar-refractivity contribution in [1.82, 2.24) is 4.98 Å². The van der Waals surface area contributed by atoms with Gasteiger partial charge in [0.15, 0.2) is 11.6 Å². The van der Waals surface area contributed by atoms with Crippen molar-refractivity contribution in [3.8, 4) is 0 Å². The second-order valence-electron chi connectivity index (χ2n) is 8.94. The summed E-state index contributed by atoms with van der Waals surface area (Å²) in [5.41, 5.74) is 2.68. The fourth-order valence-electron chi connectivity index (χ4n) is 3.66. The van der Waals surface area contributed by atoms with Gasteiger partial charge in [-0.2, -0.15) is 0 Å². The van der Waals surface area contributed by atoms with Gasteiger partial charge >= 0.3 is 5.97 Å². The summed E-state index contributed by atoms with van der Waals surface area (Å²) in [4.78, 5) is 43.3. The number of esters is 1. The third-order valence-electron chi connectivity index (χ3n) is 5.17. The van der Waals surface area contributed by atoms with E-state index in [1.807, 2.05) is 58.0 Å². The molecule has 0 amide bonds. The number of aromatic nitrogens is 1. The average Bonchev–Trinajstić information content (AvgIpc) is 2.95. The molecule has 0 fully saturated rings. The van der Waals surface area contributed by atoms with E-state index in [2.05, 4.69) is 4.98 Å². The molecule has 0 spiro atoms. The van der Waals surface area contributed by atoms with Crippen molar-refractivity contribution in [2.45, 2.75) is 33.6 Å². The highest BCUT2D eigenvalue weighted by atomic mass is 16.5. The van der Waals surface area contributed by atoms with Gasteiger partial charge in [0, 0.05) is 16.5 Å². The molecule has 2 aromatic carbocycles. The van der Waals surface area contributed by atoms with E-state index in [1.165, 1.54) is 12.1 Å². The second kappa shape index (κ2) is 7.17. The molecule has 1 aliphatic rings. The topological polar surface area (TPSA) is 73.3 Å². The van der Waals surface area contributed by atoms with E-state index < -0.39 is 11.9 Å². The minimum atomic E-state index is -0.981. The third kappa shape index (κ3) is 3.52. The molecule has 152 valence electrons. The molecule has 1 aliphatic carbocycles. The fourth-order valence-corrected chi connectivity index (χ4v) is 3.66. The molecular formula is C25H23NO4. The van der Waals surface area contributed by atoms with Gasteiger partial charge in [0.1, 0.15) is 5.92 Å². The zero-order valence-electron chi connectivity index (χ0n) is 17.5. The van der Waals surface area contributed by atoms with Crippen LogP contribution in [-0.2, 0) is 4.74 Å². The van der Waals surface area contributed by atoms with Crippen LogP contribution in [0.4, 0.5) is 0 Å². The van der Waals surface area contributed by atoms with Gasteiger partial charge < -0.3 is 4.74 Å². The molecular weight excluding hydrogens is 378 g/mol. The predicted octanol–water partition coefficient (Wildman–Crippen LogP) is 4.91. The van der Waals surface area contributed by atoms with Gasteiger partial charge in [-0.1, -0.05) is 39.0 Å². The Morgan fingerprint density at radius 1 is 1.00 bits per heavy atom. The van der Waals surface area contributed by atoms with E-state index in [9.17, 15) is 14.4 Å². The number of rotatable bonds is 3. The lowest BCUT2D eigenvalue weighted by atomic mass is 9.95. The monoisotopic (exact) mass is 401 g/mol. The number of nitrogens with zero attached hydrogens (tertiary/aromatic N) is 1. The Balaban J connectivity index is 1.69. The SMILES string of the molecule is Cc1cc2ccccc2nc1C1C(=O)c2ccc(C(=O)OCC(C)(C)C)cc2C1=O. The number of hydrogen-bond donors (Lipinski definition) is 0. The van der Waals surface area contributed by atoms with E-state index >= 15 is 0 Å². The van der Waals surface area contributed by atoms with Gasteiger partial charge in [0.2, 0.25) is 0 Å². The van der Waals surface area contributed by atoms with Crippen LogP contribution in [-0.4, -0.2) is 29.1 Å². The molecule has 0 radical (unpaired) electrons. The normalized spacial score (nSPS) is 16.1. The van der Waals surface area contributed by atoms with Crippen LogP contribution in [0.25, 0.3) is 10.9 Å². The Bertz CT molecular complexity index is 1200. The molecule has 4 rings (SSSR count). The van der Waals surface area contributed by atoms with Crippen molar-refractivity contribution < 1.29 is 19.1 Å². The van der Waals surface area contributed by atoms with Gasteiger partial charge in [0.25, 0.3) is 0 Å². The Labute approximate surface area is 175 Å². The van der Waals surface area contributed by atoms with Crippen LogP contribution in [0.5, 0.6) is 0 Å². The lowest BCUT2D eigenvalue weighted by molar-refractivity contribution is 0.0366. The molecule has 30 heavy (non-hydrogen) atoms. The number of benzene rings is 2. The van der Waals surface area contributed by atoms with E-state index in [4.69, 9.17) is 4.74 Å². The first-order valence-corrected chi connectivity index (χ1v) is 9.91. The van der Waals surface area contributed by atoms with Crippen molar-refractivity contribution >= 4 is 28.4 Å². The lowest BCUT2D eigenvalue weighted by Crippen LogP contribution is -2.18. The van der Waals surface area contributed by atoms with Gasteiger partial charge in [0.05, 0.1) is 23.4 Å². The summed E-state index contributed by atoms with van der Waals surface area (Å²) >= 11 is 0. The number of carbonyl (C=O) groups excluding carboxylic acids is 3. The molecule has 5 nitrogen and oxygen atoms in total. The summed E-state index contributed by atoms with van der Waals surface area (Å²) in [5, 5.41) is 0.957. The minimum absolute atomic E-state index is 0.164. The number of para-hydroxylation sites is 1. The second-order valence-corrected chi connectivity index (χ2v) is 8.94. The standard InChI is InChI=1S/C25H23NO4/c1-14-11-15-7-5-6-8-19(15)26-21(14)20-22(27)17-10-9-16(12-18(17)23(20)28)24(29)30-13-25(2,3)4/h5-12,20H,13H2,1-4H3. The first-order valence-electron chi connectivity index (χ1n) is 9.91. The number of carbonyl (C=O) groups is 3. The quantitative estimate of drug-likeness (QED) is 0.461.